The molecule has 30 heavy (non-hydrogen) atoms. The molecule has 1 aromatic heterocycles. The average molecular weight is 413 g/mol. The summed E-state index contributed by atoms with van der Waals surface area (Å²) in [5.74, 6) is 0.731. The van der Waals surface area contributed by atoms with E-state index in [-0.39, 0.29) is 11.9 Å². The van der Waals surface area contributed by atoms with Crippen molar-refractivity contribution in [3.8, 4) is 17.1 Å². The highest BCUT2D eigenvalue weighted by Crippen LogP contribution is 2.21. The van der Waals surface area contributed by atoms with Crippen molar-refractivity contribution in [1.82, 2.24) is 9.97 Å². The normalized spacial score (nSPS) is 12.2. The molecule has 0 amide bonds. The van der Waals surface area contributed by atoms with E-state index in [1.165, 1.54) is 18.9 Å². The number of rotatable bonds is 14. The first-order chi connectivity index (χ1) is 14.6. The lowest BCUT2D eigenvalue weighted by molar-refractivity contribution is 0.0566. The quantitative estimate of drug-likeness (QED) is 0.258. The molecule has 1 aromatic carbocycles. The lowest BCUT2D eigenvalue weighted by Crippen LogP contribution is -2.08. The highest BCUT2D eigenvalue weighted by atomic mass is 19.1. The van der Waals surface area contributed by atoms with Gasteiger partial charge >= 0.3 is 0 Å². The highest BCUT2D eigenvalue weighted by Gasteiger charge is 2.06. The van der Waals surface area contributed by atoms with Gasteiger partial charge in [0.05, 0.1) is 18.5 Å². The first-order valence-electron chi connectivity index (χ1n) is 10.8. The summed E-state index contributed by atoms with van der Waals surface area (Å²) in [4.78, 5) is 8.48. The van der Waals surface area contributed by atoms with Gasteiger partial charge in [0, 0.05) is 17.7 Å². The zero-order valence-electron chi connectivity index (χ0n) is 18.1. The number of hydrogen-bond donors (Lipinski definition) is 0. The van der Waals surface area contributed by atoms with Gasteiger partial charge in [-0.15, -0.1) is 0 Å². The molecular weight excluding hydrogens is 379 g/mol. The molecule has 5 heteroatoms. The topological polar surface area (TPSA) is 44.2 Å². The maximum absolute atomic E-state index is 14.5. The number of halogens is 1. The Morgan fingerprint density at radius 3 is 2.67 bits per heavy atom. The zero-order chi connectivity index (χ0) is 21.6. The Labute approximate surface area is 179 Å². The van der Waals surface area contributed by atoms with Gasteiger partial charge in [-0.05, 0) is 38.7 Å². The molecule has 162 valence electrons. The maximum atomic E-state index is 14.5. The predicted molar refractivity (Wildman–Crippen MR) is 121 cm³/mol. The van der Waals surface area contributed by atoms with E-state index >= 15 is 0 Å². The van der Waals surface area contributed by atoms with Gasteiger partial charge in [-0.25, -0.2) is 14.4 Å². The summed E-state index contributed by atoms with van der Waals surface area (Å²) in [7, 11) is 0. The van der Waals surface area contributed by atoms with Gasteiger partial charge in [0.15, 0.2) is 11.6 Å². The zero-order valence-corrected chi connectivity index (χ0v) is 18.1. The minimum absolute atomic E-state index is 0.278. The Morgan fingerprint density at radius 1 is 1.17 bits per heavy atom. The van der Waals surface area contributed by atoms with Gasteiger partial charge in [0.25, 0.3) is 0 Å². The largest absolute Gasteiger partial charge is 0.486 e. The first-order valence-corrected chi connectivity index (χ1v) is 10.8. The molecule has 0 saturated carbocycles. The Morgan fingerprint density at radius 2 is 1.97 bits per heavy atom. The Balaban J connectivity index is 1.80. The second-order valence-electron chi connectivity index (χ2n) is 7.30. The average Bonchev–Trinajstić information content (AvgIpc) is 2.76. The monoisotopic (exact) mass is 412 g/mol. The smallest absolute Gasteiger partial charge is 0.159 e. The van der Waals surface area contributed by atoms with E-state index in [0.29, 0.717) is 29.3 Å². The Hall–Kier alpha value is -2.53. The van der Waals surface area contributed by atoms with Crippen molar-refractivity contribution < 1.29 is 13.9 Å². The van der Waals surface area contributed by atoms with Crippen LogP contribution in [-0.4, -0.2) is 29.3 Å². The lowest BCUT2D eigenvalue weighted by Gasteiger charge is -2.12. The number of nitrogens with zero attached hydrogens (tertiary/aromatic N) is 2. The van der Waals surface area contributed by atoms with Crippen LogP contribution in [-0.2, 0) is 4.74 Å². The van der Waals surface area contributed by atoms with Crippen molar-refractivity contribution in [2.75, 3.05) is 13.2 Å². The molecule has 0 saturated heterocycles. The number of allylic oxidation sites excluding steroid dienone is 1. The molecule has 1 unspecified atom stereocenters. The molecule has 0 radical (unpaired) electrons. The molecule has 2 aromatic rings. The summed E-state index contributed by atoms with van der Waals surface area (Å²) in [5.41, 5.74) is 1.20. The molecule has 0 aliphatic carbocycles. The third kappa shape index (κ3) is 8.46. The van der Waals surface area contributed by atoms with Crippen molar-refractivity contribution in [3.63, 3.8) is 0 Å². The number of unbranched alkanes of at least 4 members (excludes halogenated alkanes) is 3. The van der Waals surface area contributed by atoms with Gasteiger partial charge in [-0.1, -0.05) is 56.7 Å². The Bertz CT molecular complexity index is 790. The summed E-state index contributed by atoms with van der Waals surface area (Å²) >= 11 is 0. The number of hydrogen-bond acceptors (Lipinski definition) is 4. The molecule has 0 spiro atoms. The van der Waals surface area contributed by atoms with Crippen LogP contribution in [0.25, 0.3) is 17.5 Å². The molecule has 0 N–H and O–H groups in total. The Kier molecular flexibility index (Phi) is 10.8. The molecule has 1 heterocycles. The van der Waals surface area contributed by atoms with Gasteiger partial charge in [0.2, 0.25) is 0 Å². The molecule has 0 aliphatic heterocycles. The van der Waals surface area contributed by atoms with Crippen LogP contribution in [0.2, 0.25) is 0 Å². The second-order valence-corrected chi connectivity index (χ2v) is 7.30. The number of ether oxygens (including phenoxy) is 2. The van der Waals surface area contributed by atoms with Crippen molar-refractivity contribution in [1.29, 1.82) is 0 Å². The first kappa shape index (κ1) is 23.7. The lowest BCUT2D eigenvalue weighted by atomic mass is 10.1. The fourth-order valence-corrected chi connectivity index (χ4v) is 2.95. The predicted octanol–water partition coefficient (Wildman–Crippen LogP) is 6.63. The van der Waals surface area contributed by atoms with Crippen LogP contribution >= 0.6 is 0 Å². The van der Waals surface area contributed by atoms with E-state index in [1.54, 1.807) is 24.5 Å². The minimum Gasteiger partial charge on any atom is -0.486 e. The minimum atomic E-state index is -0.285. The van der Waals surface area contributed by atoms with Gasteiger partial charge in [-0.3, -0.25) is 0 Å². The molecule has 2 rings (SSSR count). The fraction of sp³-hybridized carbons (Fsp3) is 0.440. The van der Waals surface area contributed by atoms with Gasteiger partial charge < -0.3 is 9.47 Å². The molecule has 0 fully saturated rings. The molecule has 4 nitrogen and oxygen atoms in total. The molecule has 0 bridgehead atoms. The molecule has 0 aliphatic rings. The van der Waals surface area contributed by atoms with Crippen LogP contribution < -0.4 is 4.74 Å². The standard InChI is InChI=1S/C25H33FN2O2/c1-4-6-10-16-29-20(3)11-8-7-9-12-21-13-14-22(17-24(21)26)25-27-18-23(19-28-25)30-15-5-2/h5,9,12-14,17-20H,2,4,6-8,10-11,15-16H2,1,3H3. The summed E-state index contributed by atoms with van der Waals surface area (Å²) in [5, 5.41) is 0. The third-order valence-corrected chi connectivity index (χ3v) is 4.68. The highest BCUT2D eigenvalue weighted by molar-refractivity contribution is 5.60. The van der Waals surface area contributed by atoms with Crippen LogP contribution in [0.15, 0.2) is 49.3 Å². The SMILES string of the molecule is C=CCOc1cnc(-c2ccc(C=CCCCC(C)OCCCCC)c(F)c2)nc1. The van der Waals surface area contributed by atoms with E-state index in [1.807, 2.05) is 18.2 Å². The van der Waals surface area contributed by atoms with Crippen molar-refractivity contribution in [2.45, 2.75) is 58.5 Å². The molecule has 1 atom stereocenters. The second kappa shape index (κ2) is 13.6. The van der Waals surface area contributed by atoms with Crippen molar-refractivity contribution >= 4 is 6.08 Å². The number of benzene rings is 1. The van der Waals surface area contributed by atoms with E-state index < -0.39 is 0 Å². The van der Waals surface area contributed by atoms with E-state index in [4.69, 9.17) is 9.47 Å². The fourth-order valence-electron chi connectivity index (χ4n) is 2.95. The van der Waals surface area contributed by atoms with Crippen LogP contribution in [0, 0.1) is 5.82 Å². The van der Waals surface area contributed by atoms with Crippen molar-refractivity contribution in [3.05, 3.63) is 60.7 Å². The summed E-state index contributed by atoms with van der Waals surface area (Å²) in [6.45, 7) is 9.14. The van der Waals surface area contributed by atoms with Crippen LogP contribution in [0.5, 0.6) is 5.75 Å². The van der Waals surface area contributed by atoms with Crippen LogP contribution in [0.4, 0.5) is 4.39 Å². The summed E-state index contributed by atoms with van der Waals surface area (Å²) in [6.07, 6.45) is 15.4. The number of aromatic nitrogens is 2. The van der Waals surface area contributed by atoms with E-state index in [2.05, 4.69) is 30.4 Å². The maximum Gasteiger partial charge on any atom is 0.159 e. The van der Waals surface area contributed by atoms with Gasteiger partial charge in [0.1, 0.15) is 12.4 Å². The van der Waals surface area contributed by atoms with E-state index in [0.717, 1.165) is 32.3 Å². The molecular formula is C25H33FN2O2. The summed E-state index contributed by atoms with van der Waals surface area (Å²) < 4.78 is 25.6. The van der Waals surface area contributed by atoms with Crippen molar-refractivity contribution in [2.24, 2.45) is 0 Å². The van der Waals surface area contributed by atoms with E-state index in [9.17, 15) is 4.39 Å². The van der Waals surface area contributed by atoms with Crippen LogP contribution in [0.1, 0.15) is 57.9 Å². The summed E-state index contributed by atoms with van der Waals surface area (Å²) in [6, 6.07) is 5.05. The van der Waals surface area contributed by atoms with Crippen LogP contribution in [0.3, 0.4) is 0 Å². The third-order valence-electron chi connectivity index (χ3n) is 4.68. The van der Waals surface area contributed by atoms with Gasteiger partial charge in [-0.2, -0.15) is 0 Å².